The molecule has 0 saturated heterocycles. The van der Waals surface area contributed by atoms with E-state index >= 15 is 0 Å². The number of carbonyl (C=O) groups is 2. The number of carbonyl (C=O) groups excluding carboxylic acids is 2. The van der Waals surface area contributed by atoms with Crippen LogP contribution in [0.25, 0.3) is 0 Å². The van der Waals surface area contributed by atoms with Gasteiger partial charge in [0.1, 0.15) is 0 Å². The van der Waals surface area contributed by atoms with Crippen molar-refractivity contribution in [1.82, 2.24) is 0 Å². The largest absolute Gasteiger partial charge is 0.469 e. The van der Waals surface area contributed by atoms with E-state index in [-0.39, 0.29) is 18.2 Å². The highest BCUT2D eigenvalue weighted by atomic mass is 79.9. The Hall–Kier alpha value is -0.870. The summed E-state index contributed by atoms with van der Waals surface area (Å²) >= 11 is 9.39. The fourth-order valence-electron chi connectivity index (χ4n) is 2.05. The minimum absolute atomic E-state index is 0.0650. The molecular formula is C12H10BrClO3. The number of hydrogen-bond acceptors (Lipinski definition) is 3. The maximum atomic E-state index is 11.9. The molecule has 1 aromatic carbocycles. The van der Waals surface area contributed by atoms with Crippen LogP contribution in [-0.4, -0.2) is 18.9 Å². The lowest BCUT2D eigenvalue weighted by Gasteiger charge is -2.22. The van der Waals surface area contributed by atoms with Gasteiger partial charge in [0.05, 0.1) is 13.0 Å². The van der Waals surface area contributed by atoms with Gasteiger partial charge in [-0.25, -0.2) is 0 Å². The minimum atomic E-state index is -0.418. The van der Waals surface area contributed by atoms with E-state index in [1.165, 1.54) is 7.11 Å². The van der Waals surface area contributed by atoms with E-state index in [0.29, 0.717) is 17.0 Å². The lowest BCUT2D eigenvalue weighted by atomic mass is 9.83. The molecule has 0 N–H and O–H groups in total. The smallest absolute Gasteiger partial charge is 0.309 e. The summed E-state index contributed by atoms with van der Waals surface area (Å²) in [5, 5.41) is 0.510. The predicted molar refractivity (Wildman–Crippen MR) is 67.3 cm³/mol. The summed E-state index contributed by atoms with van der Waals surface area (Å²) in [4.78, 5) is 23.4. The quantitative estimate of drug-likeness (QED) is 0.748. The predicted octanol–water partition coefficient (Wildman–Crippen LogP) is 3.02. The van der Waals surface area contributed by atoms with E-state index < -0.39 is 5.92 Å². The third kappa shape index (κ3) is 2.38. The van der Waals surface area contributed by atoms with Gasteiger partial charge in [0.15, 0.2) is 5.78 Å². The second-order valence-electron chi connectivity index (χ2n) is 3.97. The summed E-state index contributed by atoms with van der Waals surface area (Å²) in [6, 6.07) is 3.48. The lowest BCUT2D eigenvalue weighted by Crippen LogP contribution is -2.27. The molecule has 0 aliphatic heterocycles. The van der Waals surface area contributed by atoms with Crippen LogP contribution < -0.4 is 0 Å². The zero-order valence-electron chi connectivity index (χ0n) is 9.13. The van der Waals surface area contributed by atoms with Crippen LogP contribution in [0.1, 0.15) is 22.3 Å². The van der Waals surface area contributed by atoms with Gasteiger partial charge < -0.3 is 4.74 Å². The fraction of sp³-hybridized carbons (Fsp3) is 0.333. The molecule has 1 aliphatic rings. The van der Waals surface area contributed by atoms with Crippen molar-refractivity contribution in [3.8, 4) is 0 Å². The number of fused-ring (bicyclic) bond motifs is 1. The maximum Gasteiger partial charge on any atom is 0.309 e. The summed E-state index contributed by atoms with van der Waals surface area (Å²) in [5.41, 5.74) is 1.34. The van der Waals surface area contributed by atoms with Crippen molar-refractivity contribution in [3.63, 3.8) is 0 Å². The Morgan fingerprint density at radius 1 is 1.47 bits per heavy atom. The summed E-state index contributed by atoms with van der Waals surface area (Å²) in [5.74, 6) is -0.841. The molecule has 0 fully saturated rings. The number of methoxy groups -OCH3 is 1. The number of ketones is 1. The molecule has 0 radical (unpaired) electrons. The van der Waals surface area contributed by atoms with Gasteiger partial charge in [0.2, 0.25) is 0 Å². The van der Waals surface area contributed by atoms with E-state index in [9.17, 15) is 9.59 Å². The number of ether oxygens (including phenoxy) is 1. The summed E-state index contributed by atoms with van der Waals surface area (Å²) in [6.07, 6.45) is 0.645. The highest BCUT2D eigenvalue weighted by Crippen LogP contribution is 2.33. The molecule has 0 saturated carbocycles. The van der Waals surface area contributed by atoms with Gasteiger partial charge >= 0.3 is 5.97 Å². The average molecular weight is 318 g/mol. The monoisotopic (exact) mass is 316 g/mol. The van der Waals surface area contributed by atoms with Crippen LogP contribution in [-0.2, 0) is 16.0 Å². The molecule has 3 nitrogen and oxygen atoms in total. The zero-order valence-corrected chi connectivity index (χ0v) is 11.5. The van der Waals surface area contributed by atoms with Crippen LogP contribution >= 0.6 is 27.5 Å². The number of halogens is 2. The van der Waals surface area contributed by atoms with Crippen molar-refractivity contribution in [2.45, 2.75) is 12.8 Å². The molecule has 1 atom stereocenters. The zero-order chi connectivity index (χ0) is 12.6. The molecule has 1 aromatic rings. The summed E-state index contributed by atoms with van der Waals surface area (Å²) in [6.45, 7) is 0. The van der Waals surface area contributed by atoms with Gasteiger partial charge in [0, 0.05) is 21.5 Å². The van der Waals surface area contributed by atoms with Crippen LogP contribution in [0.2, 0.25) is 5.02 Å². The van der Waals surface area contributed by atoms with Gasteiger partial charge in [-0.1, -0.05) is 27.5 Å². The molecule has 5 heteroatoms. The van der Waals surface area contributed by atoms with Gasteiger partial charge in [-0.3, -0.25) is 9.59 Å². The maximum absolute atomic E-state index is 11.9. The normalized spacial score (nSPS) is 18.8. The first kappa shape index (κ1) is 12.6. The Morgan fingerprint density at radius 2 is 2.18 bits per heavy atom. The number of Topliss-reactive ketones (excluding diaryl/α,β-unsaturated/α-hetero) is 1. The fourth-order valence-corrected chi connectivity index (χ4v) is 2.93. The Kier molecular flexibility index (Phi) is 3.54. The first-order valence-electron chi connectivity index (χ1n) is 5.12. The van der Waals surface area contributed by atoms with Crippen LogP contribution in [0.5, 0.6) is 0 Å². The highest BCUT2D eigenvalue weighted by molar-refractivity contribution is 9.10. The molecule has 0 bridgehead atoms. The molecular weight excluding hydrogens is 307 g/mol. The van der Waals surface area contributed by atoms with Crippen molar-refractivity contribution in [1.29, 1.82) is 0 Å². The topological polar surface area (TPSA) is 43.4 Å². The first-order chi connectivity index (χ1) is 8.02. The third-order valence-electron chi connectivity index (χ3n) is 2.88. The van der Waals surface area contributed by atoms with E-state index in [1.54, 1.807) is 12.1 Å². The first-order valence-corrected chi connectivity index (χ1v) is 6.29. The van der Waals surface area contributed by atoms with E-state index in [1.807, 2.05) is 0 Å². The molecule has 2 rings (SSSR count). The van der Waals surface area contributed by atoms with Crippen molar-refractivity contribution >= 4 is 39.3 Å². The minimum Gasteiger partial charge on any atom is -0.469 e. The van der Waals surface area contributed by atoms with Crippen LogP contribution in [0.15, 0.2) is 16.6 Å². The third-order valence-corrected chi connectivity index (χ3v) is 3.67. The van der Waals surface area contributed by atoms with Gasteiger partial charge in [-0.05, 0) is 24.1 Å². The molecule has 0 amide bonds. The molecule has 0 heterocycles. The van der Waals surface area contributed by atoms with Crippen molar-refractivity contribution in [2.75, 3.05) is 7.11 Å². The molecule has 17 heavy (non-hydrogen) atoms. The lowest BCUT2D eigenvalue weighted by molar-refractivity contribution is -0.145. The molecule has 1 aliphatic carbocycles. The van der Waals surface area contributed by atoms with Crippen LogP contribution in [0.3, 0.4) is 0 Å². The van der Waals surface area contributed by atoms with Crippen LogP contribution in [0, 0.1) is 5.92 Å². The SMILES string of the molecule is COC(=O)C1CC(=O)c2cc(Br)cc(Cl)c2C1. The standard InChI is InChI=1S/C12H10BrClO3/c1-17-12(16)6-2-8-9(11(15)3-6)4-7(13)5-10(8)14/h4-6H,2-3H2,1H3. The van der Waals surface area contributed by atoms with Crippen molar-refractivity contribution in [3.05, 3.63) is 32.8 Å². The van der Waals surface area contributed by atoms with Crippen molar-refractivity contribution in [2.24, 2.45) is 5.92 Å². The molecule has 90 valence electrons. The average Bonchev–Trinajstić information content (AvgIpc) is 2.29. The number of rotatable bonds is 1. The van der Waals surface area contributed by atoms with Crippen LogP contribution in [0.4, 0.5) is 0 Å². The Balaban J connectivity index is 2.43. The number of benzene rings is 1. The van der Waals surface area contributed by atoms with E-state index in [4.69, 9.17) is 11.6 Å². The van der Waals surface area contributed by atoms with E-state index in [2.05, 4.69) is 20.7 Å². The van der Waals surface area contributed by atoms with E-state index in [0.717, 1.165) is 10.0 Å². The molecule has 0 spiro atoms. The number of hydrogen-bond donors (Lipinski definition) is 0. The summed E-state index contributed by atoms with van der Waals surface area (Å²) < 4.78 is 5.44. The second-order valence-corrected chi connectivity index (χ2v) is 5.29. The number of esters is 1. The van der Waals surface area contributed by atoms with Gasteiger partial charge in [0.25, 0.3) is 0 Å². The summed E-state index contributed by atoms with van der Waals surface area (Å²) in [7, 11) is 1.32. The highest BCUT2D eigenvalue weighted by Gasteiger charge is 2.32. The molecule has 0 aromatic heterocycles. The second kappa shape index (κ2) is 4.78. The van der Waals surface area contributed by atoms with Gasteiger partial charge in [-0.2, -0.15) is 0 Å². The van der Waals surface area contributed by atoms with Crippen molar-refractivity contribution < 1.29 is 14.3 Å². The van der Waals surface area contributed by atoms with Gasteiger partial charge in [-0.15, -0.1) is 0 Å². The Labute approximate surface area is 112 Å². The Bertz CT molecular complexity index is 499. The molecule has 1 unspecified atom stereocenters. The Morgan fingerprint density at radius 3 is 2.82 bits per heavy atom.